The lowest BCUT2D eigenvalue weighted by Crippen LogP contribution is -2.50. The average molecular weight is 376 g/mol. The summed E-state index contributed by atoms with van der Waals surface area (Å²) in [7, 11) is 0. The summed E-state index contributed by atoms with van der Waals surface area (Å²) in [6.07, 6.45) is 7.11. The van der Waals surface area contributed by atoms with Gasteiger partial charge in [-0.05, 0) is 18.9 Å². The zero-order chi connectivity index (χ0) is 17.1. The highest BCUT2D eigenvalue weighted by Gasteiger charge is 2.25. The van der Waals surface area contributed by atoms with Crippen molar-refractivity contribution in [3.8, 4) is 10.6 Å². The molecule has 0 amide bonds. The highest BCUT2D eigenvalue weighted by molar-refractivity contribution is 7.13. The highest BCUT2D eigenvalue weighted by atomic mass is 35.5. The number of benzene rings is 1. The number of halogens is 1. The van der Waals surface area contributed by atoms with Gasteiger partial charge in [-0.15, -0.1) is 11.3 Å². The summed E-state index contributed by atoms with van der Waals surface area (Å²) >= 11 is 8.00. The molecular weight excluding hydrogens is 350 g/mol. The van der Waals surface area contributed by atoms with Crippen molar-refractivity contribution in [1.82, 2.24) is 14.8 Å². The second-order valence-corrected chi connectivity index (χ2v) is 8.49. The van der Waals surface area contributed by atoms with Crippen molar-refractivity contribution in [2.24, 2.45) is 0 Å². The number of aromatic nitrogens is 1. The number of thiazole rings is 1. The van der Waals surface area contributed by atoms with E-state index in [0.29, 0.717) is 0 Å². The lowest BCUT2D eigenvalue weighted by atomic mass is 9.94. The molecule has 1 aromatic heterocycles. The summed E-state index contributed by atoms with van der Waals surface area (Å²) < 4.78 is 0. The minimum absolute atomic E-state index is 0.782. The van der Waals surface area contributed by atoms with Gasteiger partial charge in [0, 0.05) is 49.7 Å². The zero-order valence-corrected chi connectivity index (χ0v) is 16.2. The molecule has 2 aliphatic rings. The molecule has 1 saturated heterocycles. The quantitative estimate of drug-likeness (QED) is 0.756. The van der Waals surface area contributed by atoms with Crippen LogP contribution in [0, 0.1) is 0 Å². The third kappa shape index (κ3) is 4.25. The topological polar surface area (TPSA) is 19.4 Å². The van der Waals surface area contributed by atoms with Crippen molar-refractivity contribution < 1.29 is 0 Å². The van der Waals surface area contributed by atoms with Gasteiger partial charge in [0.05, 0.1) is 10.7 Å². The summed E-state index contributed by atoms with van der Waals surface area (Å²) in [4.78, 5) is 10.1. The van der Waals surface area contributed by atoms with Crippen LogP contribution in [0.3, 0.4) is 0 Å². The molecule has 2 aromatic rings. The molecular formula is C20H26ClN3S. The second kappa shape index (κ2) is 8.17. The molecule has 1 aromatic carbocycles. The maximum absolute atomic E-state index is 6.30. The number of hydrogen-bond acceptors (Lipinski definition) is 4. The Morgan fingerprint density at radius 1 is 1.04 bits per heavy atom. The molecule has 0 bridgehead atoms. The molecule has 5 heteroatoms. The zero-order valence-electron chi connectivity index (χ0n) is 14.7. The average Bonchev–Trinajstić information content (AvgIpc) is 3.12. The van der Waals surface area contributed by atoms with Crippen LogP contribution in [0.4, 0.5) is 0 Å². The molecule has 0 spiro atoms. The van der Waals surface area contributed by atoms with E-state index in [-0.39, 0.29) is 0 Å². The fourth-order valence-corrected chi connectivity index (χ4v) is 5.23. The van der Waals surface area contributed by atoms with Crippen LogP contribution < -0.4 is 0 Å². The third-order valence-electron chi connectivity index (χ3n) is 5.54. The SMILES string of the molecule is Clc1ccccc1-c1nc(CN2CCN(C3CCCCC3)CC2)cs1. The van der Waals surface area contributed by atoms with Gasteiger partial charge in [-0.3, -0.25) is 9.80 Å². The van der Waals surface area contributed by atoms with Gasteiger partial charge in [0.1, 0.15) is 5.01 Å². The van der Waals surface area contributed by atoms with Gasteiger partial charge in [0.2, 0.25) is 0 Å². The summed E-state index contributed by atoms with van der Waals surface area (Å²) in [6, 6.07) is 8.82. The summed E-state index contributed by atoms with van der Waals surface area (Å²) in [5.41, 5.74) is 2.22. The Balaban J connectivity index is 1.32. The smallest absolute Gasteiger partial charge is 0.125 e. The van der Waals surface area contributed by atoms with Gasteiger partial charge in [0.25, 0.3) is 0 Å². The van der Waals surface area contributed by atoms with Crippen LogP contribution >= 0.6 is 22.9 Å². The number of rotatable bonds is 4. The predicted molar refractivity (Wildman–Crippen MR) is 106 cm³/mol. The van der Waals surface area contributed by atoms with Gasteiger partial charge in [-0.2, -0.15) is 0 Å². The van der Waals surface area contributed by atoms with Crippen LogP contribution in [0.25, 0.3) is 10.6 Å². The predicted octanol–water partition coefficient (Wildman–Crippen LogP) is 4.91. The Kier molecular flexibility index (Phi) is 5.71. The van der Waals surface area contributed by atoms with E-state index in [1.54, 1.807) is 11.3 Å². The first kappa shape index (κ1) is 17.5. The Bertz CT molecular complexity index is 688. The van der Waals surface area contributed by atoms with Crippen LogP contribution in [0.1, 0.15) is 37.8 Å². The van der Waals surface area contributed by atoms with Crippen LogP contribution in [0.2, 0.25) is 5.02 Å². The normalized spacial score (nSPS) is 20.8. The minimum atomic E-state index is 0.782. The van der Waals surface area contributed by atoms with Crippen LogP contribution in [0.15, 0.2) is 29.6 Å². The molecule has 2 fully saturated rings. The Labute approximate surface area is 159 Å². The first-order valence-electron chi connectivity index (χ1n) is 9.45. The molecule has 0 atom stereocenters. The lowest BCUT2D eigenvalue weighted by molar-refractivity contribution is 0.0750. The maximum atomic E-state index is 6.30. The van der Waals surface area contributed by atoms with E-state index in [1.807, 2.05) is 24.3 Å². The lowest BCUT2D eigenvalue weighted by Gasteiger charge is -2.40. The van der Waals surface area contributed by atoms with Crippen molar-refractivity contribution in [2.45, 2.75) is 44.7 Å². The Morgan fingerprint density at radius 2 is 1.80 bits per heavy atom. The molecule has 3 nitrogen and oxygen atoms in total. The molecule has 1 aliphatic heterocycles. The number of nitrogens with zero attached hydrogens (tertiary/aromatic N) is 3. The molecule has 4 rings (SSSR count). The monoisotopic (exact) mass is 375 g/mol. The molecule has 1 saturated carbocycles. The van der Waals surface area contributed by atoms with E-state index < -0.39 is 0 Å². The van der Waals surface area contributed by atoms with Crippen molar-refractivity contribution in [3.63, 3.8) is 0 Å². The standard InChI is InChI=1S/C20H26ClN3S/c21-19-9-5-4-8-18(19)20-22-16(15-25-20)14-23-10-12-24(13-11-23)17-6-2-1-3-7-17/h4-5,8-9,15,17H,1-3,6-7,10-14H2. The summed E-state index contributed by atoms with van der Waals surface area (Å²) in [5, 5.41) is 4.00. The van der Waals surface area contributed by atoms with Gasteiger partial charge < -0.3 is 0 Å². The molecule has 2 heterocycles. The molecule has 25 heavy (non-hydrogen) atoms. The largest absolute Gasteiger partial charge is 0.298 e. The van der Waals surface area contributed by atoms with Crippen molar-refractivity contribution >= 4 is 22.9 Å². The highest BCUT2D eigenvalue weighted by Crippen LogP contribution is 2.30. The molecule has 0 N–H and O–H groups in total. The fourth-order valence-electron chi connectivity index (χ4n) is 4.10. The van der Waals surface area contributed by atoms with Crippen molar-refractivity contribution in [2.75, 3.05) is 26.2 Å². The van der Waals surface area contributed by atoms with E-state index >= 15 is 0 Å². The summed E-state index contributed by atoms with van der Waals surface area (Å²) in [6.45, 7) is 5.71. The Morgan fingerprint density at radius 3 is 2.56 bits per heavy atom. The molecule has 0 unspecified atom stereocenters. The van der Waals surface area contributed by atoms with Gasteiger partial charge in [-0.1, -0.05) is 49.1 Å². The van der Waals surface area contributed by atoms with E-state index in [0.717, 1.165) is 41.3 Å². The van der Waals surface area contributed by atoms with Crippen molar-refractivity contribution in [1.29, 1.82) is 0 Å². The van der Waals surface area contributed by atoms with Crippen LogP contribution in [-0.2, 0) is 6.54 Å². The maximum Gasteiger partial charge on any atom is 0.125 e. The minimum Gasteiger partial charge on any atom is -0.298 e. The fraction of sp³-hybridized carbons (Fsp3) is 0.550. The van der Waals surface area contributed by atoms with Gasteiger partial charge >= 0.3 is 0 Å². The molecule has 1 aliphatic carbocycles. The third-order valence-corrected chi connectivity index (χ3v) is 6.79. The first-order valence-corrected chi connectivity index (χ1v) is 10.7. The van der Waals surface area contributed by atoms with Crippen molar-refractivity contribution in [3.05, 3.63) is 40.4 Å². The first-order chi connectivity index (χ1) is 12.3. The van der Waals surface area contributed by atoms with Crippen LogP contribution in [0.5, 0.6) is 0 Å². The molecule has 134 valence electrons. The number of piperazine rings is 1. The van der Waals surface area contributed by atoms with E-state index in [4.69, 9.17) is 16.6 Å². The van der Waals surface area contributed by atoms with E-state index in [1.165, 1.54) is 50.9 Å². The van der Waals surface area contributed by atoms with E-state index in [2.05, 4.69) is 15.2 Å². The molecule has 0 radical (unpaired) electrons. The number of hydrogen-bond donors (Lipinski definition) is 0. The van der Waals surface area contributed by atoms with Gasteiger partial charge in [0.15, 0.2) is 0 Å². The summed E-state index contributed by atoms with van der Waals surface area (Å²) in [5.74, 6) is 0. The Hall–Kier alpha value is -0.940. The second-order valence-electron chi connectivity index (χ2n) is 7.23. The van der Waals surface area contributed by atoms with E-state index in [9.17, 15) is 0 Å². The van der Waals surface area contributed by atoms with Gasteiger partial charge in [-0.25, -0.2) is 4.98 Å². The van der Waals surface area contributed by atoms with Crippen LogP contribution in [-0.4, -0.2) is 47.0 Å².